The Morgan fingerprint density at radius 3 is 2.74 bits per heavy atom. The van der Waals surface area contributed by atoms with E-state index in [-0.39, 0.29) is 17.6 Å². The predicted octanol–water partition coefficient (Wildman–Crippen LogP) is 2.22. The number of piperidine rings is 1. The van der Waals surface area contributed by atoms with Crippen LogP contribution >= 0.6 is 0 Å². The van der Waals surface area contributed by atoms with Crippen molar-refractivity contribution in [1.29, 1.82) is 0 Å². The van der Waals surface area contributed by atoms with Gasteiger partial charge in [-0.2, -0.15) is 0 Å². The average Bonchev–Trinajstić information content (AvgIpc) is 3.29. The summed E-state index contributed by atoms with van der Waals surface area (Å²) in [5.41, 5.74) is 10.6. The number of H-pyrrole nitrogens is 1. The summed E-state index contributed by atoms with van der Waals surface area (Å²) in [5, 5.41) is 6.43. The van der Waals surface area contributed by atoms with E-state index in [1.807, 2.05) is 11.0 Å². The van der Waals surface area contributed by atoms with E-state index in [0.717, 1.165) is 62.4 Å². The number of hydrogen-bond acceptors (Lipinski definition) is 5. The topological polar surface area (TPSA) is 116 Å². The smallest absolute Gasteiger partial charge is 0.291 e. The summed E-state index contributed by atoms with van der Waals surface area (Å²) in [6.45, 7) is 5.26. The van der Waals surface area contributed by atoms with Gasteiger partial charge < -0.3 is 26.3 Å². The molecule has 8 nitrogen and oxygen atoms in total. The molecule has 3 heterocycles. The molecule has 4 rings (SSSR count). The highest BCUT2D eigenvalue weighted by Crippen LogP contribution is 2.34. The van der Waals surface area contributed by atoms with Crippen LogP contribution in [0.4, 0.5) is 5.69 Å². The fourth-order valence-corrected chi connectivity index (χ4v) is 4.33. The van der Waals surface area contributed by atoms with Gasteiger partial charge >= 0.3 is 0 Å². The highest BCUT2D eigenvalue weighted by molar-refractivity contribution is 6.03. The SMILES string of the molecule is CC(=O)N1CCC(c2ccc(NC(=O)c3ncc(CN)[nH]3)c(C3=CCCNC3)c2)CC1. The molecule has 31 heavy (non-hydrogen) atoms. The molecule has 0 unspecified atom stereocenters. The second-order valence-electron chi connectivity index (χ2n) is 8.20. The lowest BCUT2D eigenvalue weighted by Crippen LogP contribution is -2.36. The first kappa shape index (κ1) is 21.3. The summed E-state index contributed by atoms with van der Waals surface area (Å²) in [6, 6.07) is 6.29. The molecule has 1 aromatic carbocycles. The van der Waals surface area contributed by atoms with Crippen LogP contribution in [0.15, 0.2) is 30.5 Å². The number of aromatic nitrogens is 2. The van der Waals surface area contributed by atoms with E-state index in [4.69, 9.17) is 5.73 Å². The standard InChI is InChI=1S/C23H30N6O2/c1-15(30)29-9-6-16(7-10-29)17-4-5-21(20(11-17)18-3-2-8-25-13-18)28-23(31)22-26-14-19(12-24)27-22/h3-5,11,14,16,25H,2,6-10,12-13,24H2,1H3,(H,26,27)(H,28,31). The van der Waals surface area contributed by atoms with Crippen molar-refractivity contribution in [2.45, 2.75) is 38.6 Å². The number of benzene rings is 1. The highest BCUT2D eigenvalue weighted by Gasteiger charge is 2.24. The summed E-state index contributed by atoms with van der Waals surface area (Å²) in [6.07, 6.45) is 6.69. The van der Waals surface area contributed by atoms with Gasteiger partial charge in [0.25, 0.3) is 5.91 Å². The Kier molecular flexibility index (Phi) is 6.48. The van der Waals surface area contributed by atoms with Crippen LogP contribution in [0.25, 0.3) is 5.57 Å². The van der Waals surface area contributed by atoms with Crippen molar-refractivity contribution in [3.63, 3.8) is 0 Å². The molecule has 1 fully saturated rings. The fourth-order valence-electron chi connectivity index (χ4n) is 4.33. The molecule has 2 aliphatic heterocycles. The van der Waals surface area contributed by atoms with Crippen LogP contribution in [0.3, 0.4) is 0 Å². The molecule has 0 saturated carbocycles. The fraction of sp³-hybridized carbons (Fsp3) is 0.435. The Bertz CT molecular complexity index is 988. The minimum Gasteiger partial charge on any atom is -0.343 e. The second kappa shape index (κ2) is 9.45. The molecule has 2 amide bonds. The van der Waals surface area contributed by atoms with Crippen LogP contribution in [-0.4, -0.2) is 52.9 Å². The van der Waals surface area contributed by atoms with Gasteiger partial charge in [0.2, 0.25) is 5.91 Å². The molecule has 5 N–H and O–H groups in total. The molecule has 164 valence electrons. The Labute approximate surface area is 182 Å². The first-order valence-electron chi connectivity index (χ1n) is 10.9. The van der Waals surface area contributed by atoms with Gasteiger partial charge in [0, 0.05) is 50.0 Å². The van der Waals surface area contributed by atoms with E-state index < -0.39 is 0 Å². The number of nitrogens with two attached hydrogens (primary N) is 1. The van der Waals surface area contributed by atoms with Gasteiger partial charge in [-0.05, 0) is 55.0 Å². The summed E-state index contributed by atoms with van der Waals surface area (Å²) in [7, 11) is 0. The van der Waals surface area contributed by atoms with Gasteiger partial charge in [-0.3, -0.25) is 9.59 Å². The molecule has 0 bridgehead atoms. The van der Waals surface area contributed by atoms with Crippen molar-refractivity contribution in [3.05, 3.63) is 53.1 Å². The molecule has 8 heteroatoms. The van der Waals surface area contributed by atoms with Crippen molar-refractivity contribution >= 4 is 23.1 Å². The lowest BCUT2D eigenvalue weighted by molar-refractivity contribution is -0.129. The lowest BCUT2D eigenvalue weighted by atomic mass is 9.86. The van der Waals surface area contributed by atoms with Gasteiger partial charge in [0.15, 0.2) is 5.82 Å². The second-order valence-corrected chi connectivity index (χ2v) is 8.20. The number of nitrogens with one attached hydrogen (secondary N) is 3. The Morgan fingerprint density at radius 1 is 1.29 bits per heavy atom. The van der Waals surface area contributed by atoms with Gasteiger partial charge in [-0.1, -0.05) is 12.1 Å². The summed E-state index contributed by atoms with van der Waals surface area (Å²) < 4.78 is 0. The number of amides is 2. The van der Waals surface area contributed by atoms with E-state index in [2.05, 4.69) is 38.8 Å². The van der Waals surface area contributed by atoms with E-state index in [1.54, 1.807) is 13.1 Å². The number of imidazole rings is 1. The molecular weight excluding hydrogens is 392 g/mol. The van der Waals surface area contributed by atoms with Gasteiger partial charge in [-0.15, -0.1) is 0 Å². The molecule has 0 aliphatic carbocycles. The maximum atomic E-state index is 12.7. The van der Waals surface area contributed by atoms with Gasteiger partial charge in [0.1, 0.15) is 0 Å². The number of aromatic amines is 1. The normalized spacial score (nSPS) is 17.4. The number of anilines is 1. The number of carbonyl (C=O) groups is 2. The van der Waals surface area contributed by atoms with Crippen LogP contribution < -0.4 is 16.4 Å². The van der Waals surface area contributed by atoms with Crippen molar-refractivity contribution in [1.82, 2.24) is 20.2 Å². The third-order valence-electron chi connectivity index (χ3n) is 6.14. The highest BCUT2D eigenvalue weighted by atomic mass is 16.2. The summed E-state index contributed by atoms with van der Waals surface area (Å²) >= 11 is 0. The monoisotopic (exact) mass is 422 g/mol. The molecule has 0 radical (unpaired) electrons. The Morgan fingerprint density at radius 2 is 2.10 bits per heavy atom. The molecule has 2 aromatic rings. The summed E-state index contributed by atoms with van der Waals surface area (Å²) in [5.74, 6) is 0.524. The van der Waals surface area contributed by atoms with Crippen molar-refractivity contribution in [3.8, 4) is 0 Å². The average molecular weight is 423 g/mol. The van der Waals surface area contributed by atoms with E-state index in [9.17, 15) is 9.59 Å². The zero-order valence-corrected chi connectivity index (χ0v) is 17.9. The van der Waals surface area contributed by atoms with E-state index >= 15 is 0 Å². The van der Waals surface area contributed by atoms with Gasteiger partial charge in [-0.25, -0.2) is 4.98 Å². The maximum Gasteiger partial charge on any atom is 0.291 e. The number of likely N-dealkylation sites (tertiary alicyclic amines) is 1. The molecule has 0 spiro atoms. The number of nitrogens with zero attached hydrogens (tertiary/aromatic N) is 2. The largest absolute Gasteiger partial charge is 0.343 e. The Balaban J connectivity index is 1.58. The lowest BCUT2D eigenvalue weighted by Gasteiger charge is -2.32. The third kappa shape index (κ3) is 4.86. The van der Waals surface area contributed by atoms with Crippen LogP contribution in [0.1, 0.15) is 59.5 Å². The van der Waals surface area contributed by atoms with Crippen LogP contribution in [0.2, 0.25) is 0 Å². The van der Waals surface area contributed by atoms with Gasteiger partial charge in [0.05, 0.1) is 6.20 Å². The number of carbonyl (C=O) groups excluding carboxylic acids is 2. The quantitative estimate of drug-likeness (QED) is 0.590. The minimum atomic E-state index is -0.284. The van der Waals surface area contributed by atoms with Crippen LogP contribution in [0, 0.1) is 0 Å². The molecule has 0 atom stereocenters. The molecule has 1 aromatic heterocycles. The third-order valence-corrected chi connectivity index (χ3v) is 6.14. The molecular formula is C23H30N6O2. The van der Waals surface area contributed by atoms with Crippen molar-refractivity contribution < 1.29 is 9.59 Å². The first-order chi connectivity index (χ1) is 15.0. The van der Waals surface area contributed by atoms with Crippen molar-refractivity contribution in [2.24, 2.45) is 5.73 Å². The zero-order chi connectivity index (χ0) is 21.8. The van der Waals surface area contributed by atoms with E-state index in [0.29, 0.717) is 12.5 Å². The zero-order valence-electron chi connectivity index (χ0n) is 17.9. The van der Waals surface area contributed by atoms with Crippen molar-refractivity contribution in [2.75, 3.05) is 31.5 Å². The number of hydrogen-bond donors (Lipinski definition) is 4. The molecule has 2 aliphatic rings. The molecule has 1 saturated heterocycles. The van der Waals surface area contributed by atoms with E-state index in [1.165, 1.54) is 11.1 Å². The predicted molar refractivity (Wildman–Crippen MR) is 121 cm³/mol. The van der Waals surface area contributed by atoms with Crippen LogP contribution in [-0.2, 0) is 11.3 Å². The minimum absolute atomic E-state index is 0.145. The maximum absolute atomic E-state index is 12.7. The Hall–Kier alpha value is -2.97. The number of rotatable bonds is 5. The van der Waals surface area contributed by atoms with Crippen LogP contribution in [0.5, 0.6) is 0 Å². The summed E-state index contributed by atoms with van der Waals surface area (Å²) in [4.78, 5) is 33.4. The first-order valence-corrected chi connectivity index (χ1v) is 10.9.